The van der Waals surface area contributed by atoms with Gasteiger partial charge in [0.05, 0.1) is 9.75 Å². The van der Waals surface area contributed by atoms with Gasteiger partial charge in [0, 0.05) is 25.8 Å². The van der Waals surface area contributed by atoms with Gasteiger partial charge in [-0.3, -0.25) is 0 Å². The Morgan fingerprint density at radius 2 is 1.09 bits per heavy atom. The molecule has 0 heterocycles. The van der Waals surface area contributed by atoms with Crippen LogP contribution in [0.1, 0.15) is 64.2 Å². The molecule has 0 aromatic heterocycles. The summed E-state index contributed by atoms with van der Waals surface area (Å²) in [6.07, 6.45) is 20.9. The van der Waals surface area contributed by atoms with Gasteiger partial charge in [-0.15, -0.1) is 23.2 Å². The number of halogens is 2. The summed E-state index contributed by atoms with van der Waals surface area (Å²) in [5.74, 6) is 0. The van der Waals surface area contributed by atoms with E-state index in [0.29, 0.717) is 0 Å². The molecule has 0 amide bonds. The van der Waals surface area contributed by atoms with E-state index in [1.54, 1.807) is 0 Å². The smallest absolute Gasteiger partial charge is 0.0844 e. The van der Waals surface area contributed by atoms with Gasteiger partial charge in [-0.25, -0.2) is 0 Å². The largest absolute Gasteiger partial charge is 0.110 e. The van der Waals surface area contributed by atoms with E-state index in [-0.39, 0.29) is 35.6 Å². The summed E-state index contributed by atoms with van der Waals surface area (Å²) in [7, 11) is 0. The minimum Gasteiger partial charge on any atom is -0.110 e. The summed E-state index contributed by atoms with van der Waals surface area (Å²) < 4.78 is 0. The van der Waals surface area contributed by atoms with Gasteiger partial charge in [0.25, 0.3) is 0 Å². The Morgan fingerprint density at radius 3 is 1.52 bits per heavy atom. The zero-order valence-electron chi connectivity index (χ0n) is 13.6. The van der Waals surface area contributed by atoms with Crippen LogP contribution in [0.2, 0.25) is 0 Å². The van der Waals surface area contributed by atoms with Crippen LogP contribution in [-0.4, -0.2) is 9.75 Å². The van der Waals surface area contributed by atoms with Crippen LogP contribution >= 0.6 is 23.2 Å². The zero-order chi connectivity index (χ0) is 15.2. The predicted octanol–water partition coefficient (Wildman–Crippen LogP) is 6.60. The molecule has 23 heavy (non-hydrogen) atoms. The Morgan fingerprint density at radius 1 is 0.696 bits per heavy atom. The molecule has 0 aromatic rings. The van der Waals surface area contributed by atoms with E-state index >= 15 is 0 Å². The van der Waals surface area contributed by atoms with Crippen LogP contribution in [0.15, 0.2) is 46.6 Å². The Balaban J connectivity index is 0.00000156. The second kappa shape index (κ2) is 6.96. The van der Waals surface area contributed by atoms with E-state index in [1.165, 1.54) is 73.7 Å². The van der Waals surface area contributed by atoms with Crippen molar-refractivity contribution in [3.8, 4) is 0 Å². The van der Waals surface area contributed by atoms with Crippen molar-refractivity contribution in [3.63, 3.8) is 0 Å². The third kappa shape index (κ3) is 3.27. The van der Waals surface area contributed by atoms with Crippen LogP contribution in [0, 0.1) is 0 Å². The third-order valence-corrected chi connectivity index (χ3v) is 7.06. The summed E-state index contributed by atoms with van der Waals surface area (Å²) in [5, 5.41) is 0. The first-order valence-corrected chi connectivity index (χ1v) is 9.58. The summed E-state index contributed by atoms with van der Waals surface area (Å²) in [4.78, 5) is -0.521. The maximum absolute atomic E-state index is 7.02. The molecule has 0 spiro atoms. The monoisotopic (exact) mass is 514 g/mol. The van der Waals surface area contributed by atoms with Crippen LogP contribution in [-0.2, 0) is 25.8 Å². The van der Waals surface area contributed by atoms with Crippen molar-refractivity contribution in [2.45, 2.75) is 74.0 Å². The zero-order valence-corrected chi connectivity index (χ0v) is 18.7. The summed E-state index contributed by atoms with van der Waals surface area (Å²) in [5.41, 5.74) is 5.98. The average Bonchev–Trinajstić information content (AvgIpc) is 3.07. The van der Waals surface area contributed by atoms with Crippen molar-refractivity contribution in [3.05, 3.63) is 46.6 Å². The van der Waals surface area contributed by atoms with Gasteiger partial charge in [-0.05, 0) is 86.5 Å². The van der Waals surface area contributed by atoms with Crippen LogP contribution < -0.4 is 0 Å². The van der Waals surface area contributed by atoms with Gasteiger partial charge in [0.15, 0.2) is 0 Å². The maximum atomic E-state index is 7.02. The maximum Gasteiger partial charge on any atom is 0.0844 e. The fraction of sp³-hybridized carbons (Fsp3) is 0.600. The number of hydrogen-bond donors (Lipinski definition) is 0. The van der Waals surface area contributed by atoms with Gasteiger partial charge in [0.1, 0.15) is 0 Å². The third-order valence-electron chi connectivity index (χ3n) is 5.97. The molecule has 4 aliphatic rings. The number of hydrogen-bond acceptors (Lipinski definition) is 0. The Kier molecular flexibility index (Phi) is 5.51. The van der Waals surface area contributed by atoms with Crippen LogP contribution in [0.25, 0.3) is 0 Å². The van der Waals surface area contributed by atoms with Gasteiger partial charge >= 0.3 is 0 Å². The van der Waals surface area contributed by atoms with Crippen molar-refractivity contribution >= 4 is 23.2 Å². The Bertz CT molecular complexity index is 559. The molecule has 0 saturated heterocycles. The molecule has 0 radical (unpaired) electrons. The van der Waals surface area contributed by atoms with Crippen LogP contribution in [0.5, 0.6) is 0 Å². The van der Waals surface area contributed by atoms with E-state index in [0.717, 1.165) is 12.8 Å². The molecule has 2 atom stereocenters. The fourth-order valence-corrected chi connectivity index (χ4v) is 5.42. The van der Waals surface area contributed by atoms with Crippen LogP contribution in [0.3, 0.4) is 0 Å². The first-order chi connectivity index (χ1) is 10.6. The van der Waals surface area contributed by atoms with Crippen molar-refractivity contribution in [2.75, 3.05) is 0 Å². The molecule has 3 heteroatoms. The van der Waals surface area contributed by atoms with Crippen molar-refractivity contribution < 1.29 is 25.8 Å². The average molecular weight is 514 g/mol. The molecule has 0 saturated carbocycles. The quantitative estimate of drug-likeness (QED) is 0.295. The number of rotatable bonds is 3. The minimum absolute atomic E-state index is 0. The van der Waals surface area contributed by atoms with E-state index in [9.17, 15) is 0 Å². The van der Waals surface area contributed by atoms with E-state index in [2.05, 4.69) is 24.3 Å². The Hall–Kier alpha value is 0.410. The van der Waals surface area contributed by atoms with Gasteiger partial charge in [0.2, 0.25) is 0 Å². The van der Waals surface area contributed by atoms with E-state index in [1.807, 2.05) is 0 Å². The summed E-state index contributed by atoms with van der Waals surface area (Å²) >= 11 is 14.0. The van der Waals surface area contributed by atoms with Crippen molar-refractivity contribution in [1.82, 2.24) is 0 Å². The molecule has 0 fully saturated rings. The first-order valence-electron chi connectivity index (χ1n) is 8.82. The summed E-state index contributed by atoms with van der Waals surface area (Å²) in [6, 6.07) is 0. The molecule has 0 N–H and O–H groups in total. The second-order valence-electron chi connectivity index (χ2n) is 7.31. The molecule has 4 rings (SSSR count). The first kappa shape index (κ1) is 18.2. The molecule has 0 aromatic carbocycles. The molecular formula is C20H24Cl2Hf. The number of alkyl halides is 2. The molecule has 0 nitrogen and oxygen atoms in total. The van der Waals surface area contributed by atoms with E-state index in [4.69, 9.17) is 23.2 Å². The molecular weight excluding hydrogens is 490 g/mol. The minimum atomic E-state index is -0.260. The van der Waals surface area contributed by atoms with Gasteiger partial charge < -0.3 is 0 Å². The SMILES string of the molecule is ClC1(CCC2(Cl)C=CC3=C2CCCC3)C=CC2=C1CCCC2.[Hf]. The van der Waals surface area contributed by atoms with Gasteiger partial charge in [-0.1, -0.05) is 24.3 Å². The Labute approximate surface area is 168 Å². The molecule has 2 unspecified atom stereocenters. The van der Waals surface area contributed by atoms with Crippen molar-refractivity contribution in [1.29, 1.82) is 0 Å². The fourth-order valence-electron chi connectivity index (χ4n) is 4.67. The topological polar surface area (TPSA) is 0 Å². The normalized spacial score (nSPS) is 35.4. The standard InChI is InChI=1S/C20H24Cl2.Hf/c21-19(11-9-15-5-1-3-7-17(15)19)13-14-20(22)12-10-16-6-2-4-8-18(16)20;/h9-12H,1-8,13-14H2;. The molecule has 4 aliphatic carbocycles. The number of allylic oxidation sites excluding steroid dienone is 8. The second-order valence-corrected chi connectivity index (χ2v) is 8.66. The molecule has 0 aliphatic heterocycles. The predicted molar refractivity (Wildman–Crippen MR) is 95.7 cm³/mol. The molecule has 0 bridgehead atoms. The molecule has 122 valence electrons. The summed E-state index contributed by atoms with van der Waals surface area (Å²) in [6.45, 7) is 0. The van der Waals surface area contributed by atoms with Gasteiger partial charge in [-0.2, -0.15) is 0 Å². The van der Waals surface area contributed by atoms with Crippen LogP contribution in [0.4, 0.5) is 0 Å². The van der Waals surface area contributed by atoms with E-state index < -0.39 is 0 Å². The van der Waals surface area contributed by atoms with Crippen molar-refractivity contribution in [2.24, 2.45) is 0 Å².